The highest BCUT2D eigenvalue weighted by molar-refractivity contribution is 7.13. The maximum absolute atomic E-state index is 11.5. The van der Waals surface area contributed by atoms with Crippen molar-refractivity contribution in [2.75, 3.05) is 11.9 Å². The van der Waals surface area contributed by atoms with E-state index in [2.05, 4.69) is 10.3 Å². The van der Waals surface area contributed by atoms with Crippen molar-refractivity contribution in [2.24, 2.45) is 0 Å². The van der Waals surface area contributed by atoms with Crippen molar-refractivity contribution in [3.05, 3.63) is 41.4 Å². The molecule has 0 aliphatic rings. The summed E-state index contributed by atoms with van der Waals surface area (Å²) in [6.45, 7) is -0.161. The van der Waals surface area contributed by atoms with E-state index >= 15 is 0 Å². The number of carboxylic acids is 1. The lowest BCUT2D eigenvalue weighted by Gasteiger charge is -2.05. The van der Waals surface area contributed by atoms with E-state index in [0.717, 1.165) is 0 Å². The van der Waals surface area contributed by atoms with Gasteiger partial charge in [-0.15, -0.1) is 11.3 Å². The molecule has 1 aromatic carbocycles. The molecule has 0 bridgehead atoms. The molecule has 0 unspecified atom stereocenters. The number of carboxylic acid groups (broad SMARTS) is 1. The summed E-state index contributed by atoms with van der Waals surface area (Å²) < 4.78 is 5.22. The van der Waals surface area contributed by atoms with Crippen molar-refractivity contribution in [2.45, 2.75) is 0 Å². The molecular weight excluding hydrogens is 268 g/mol. The average Bonchev–Trinajstić information content (AvgIpc) is 2.89. The van der Waals surface area contributed by atoms with Crippen LogP contribution >= 0.6 is 11.3 Å². The molecule has 2 N–H and O–H groups in total. The molecular formula is C12H10N2O4S. The van der Waals surface area contributed by atoms with Gasteiger partial charge in [-0.05, 0) is 24.3 Å². The summed E-state index contributed by atoms with van der Waals surface area (Å²) in [4.78, 5) is 26.0. The highest BCUT2D eigenvalue weighted by Gasteiger charge is 2.06. The molecule has 2 rings (SSSR count). The number of aromatic nitrogens is 1. The van der Waals surface area contributed by atoms with Gasteiger partial charge in [-0.2, -0.15) is 0 Å². The molecule has 0 aliphatic heterocycles. The standard InChI is InChI=1S/C12H10N2O4S/c15-10(14-12-13-5-6-19-12)7-18-9-3-1-8(2-4-9)11(16)17/h1-6H,7H2,(H,16,17)(H,13,14,15). The Bertz CT molecular complexity index is 566. The lowest BCUT2D eigenvalue weighted by molar-refractivity contribution is -0.118. The van der Waals surface area contributed by atoms with Crippen LogP contribution in [0.1, 0.15) is 10.4 Å². The van der Waals surface area contributed by atoms with E-state index in [0.29, 0.717) is 10.9 Å². The van der Waals surface area contributed by atoms with Crippen LogP contribution in [0.25, 0.3) is 0 Å². The maximum atomic E-state index is 11.5. The minimum atomic E-state index is -1.01. The quantitative estimate of drug-likeness (QED) is 0.871. The Hall–Kier alpha value is -2.41. The van der Waals surface area contributed by atoms with E-state index in [1.54, 1.807) is 11.6 Å². The molecule has 2 aromatic rings. The van der Waals surface area contributed by atoms with Gasteiger partial charge in [0.2, 0.25) is 0 Å². The Morgan fingerprint density at radius 3 is 2.63 bits per heavy atom. The molecule has 19 heavy (non-hydrogen) atoms. The van der Waals surface area contributed by atoms with Crippen LogP contribution in [0.4, 0.5) is 5.13 Å². The van der Waals surface area contributed by atoms with Gasteiger partial charge in [-0.3, -0.25) is 10.1 Å². The fourth-order valence-electron chi connectivity index (χ4n) is 1.28. The normalized spacial score (nSPS) is 9.89. The van der Waals surface area contributed by atoms with Crippen LogP contribution in [0.15, 0.2) is 35.8 Å². The zero-order chi connectivity index (χ0) is 13.7. The number of carbonyl (C=O) groups is 2. The van der Waals surface area contributed by atoms with Crippen LogP contribution in [0.2, 0.25) is 0 Å². The molecule has 7 heteroatoms. The first-order chi connectivity index (χ1) is 9.15. The number of aromatic carboxylic acids is 1. The third-order valence-corrected chi connectivity index (χ3v) is 2.84. The number of rotatable bonds is 5. The lowest BCUT2D eigenvalue weighted by atomic mass is 10.2. The molecule has 0 saturated heterocycles. The second-order valence-corrected chi connectivity index (χ2v) is 4.40. The van der Waals surface area contributed by atoms with Gasteiger partial charge in [0.15, 0.2) is 11.7 Å². The third-order valence-electron chi connectivity index (χ3n) is 2.15. The number of amides is 1. The molecule has 1 amide bonds. The Morgan fingerprint density at radius 1 is 1.32 bits per heavy atom. The van der Waals surface area contributed by atoms with Crippen molar-refractivity contribution in [3.63, 3.8) is 0 Å². The topological polar surface area (TPSA) is 88.5 Å². The molecule has 1 aromatic heterocycles. The molecule has 0 fully saturated rings. The van der Waals surface area contributed by atoms with Gasteiger partial charge in [0.1, 0.15) is 5.75 Å². The van der Waals surface area contributed by atoms with Gasteiger partial charge in [0, 0.05) is 11.6 Å². The van der Waals surface area contributed by atoms with Crippen LogP contribution in [-0.2, 0) is 4.79 Å². The Morgan fingerprint density at radius 2 is 2.05 bits per heavy atom. The zero-order valence-corrected chi connectivity index (χ0v) is 10.5. The summed E-state index contributed by atoms with van der Waals surface area (Å²) in [5.41, 5.74) is 0.166. The van der Waals surface area contributed by atoms with E-state index in [9.17, 15) is 9.59 Å². The second-order valence-electron chi connectivity index (χ2n) is 3.50. The van der Waals surface area contributed by atoms with Crippen LogP contribution in [-0.4, -0.2) is 28.6 Å². The van der Waals surface area contributed by atoms with E-state index in [4.69, 9.17) is 9.84 Å². The highest BCUT2D eigenvalue weighted by Crippen LogP contribution is 2.13. The van der Waals surface area contributed by atoms with Gasteiger partial charge in [-0.25, -0.2) is 9.78 Å². The first-order valence-electron chi connectivity index (χ1n) is 5.30. The number of thiazole rings is 1. The Balaban J connectivity index is 1.84. The minimum absolute atomic E-state index is 0.161. The maximum Gasteiger partial charge on any atom is 0.335 e. The van der Waals surface area contributed by atoms with Gasteiger partial charge in [0.05, 0.1) is 5.56 Å². The first kappa shape index (κ1) is 13.0. The molecule has 0 spiro atoms. The molecule has 1 heterocycles. The first-order valence-corrected chi connectivity index (χ1v) is 6.18. The van der Waals surface area contributed by atoms with Gasteiger partial charge in [0.25, 0.3) is 5.91 Å². The largest absolute Gasteiger partial charge is 0.484 e. The van der Waals surface area contributed by atoms with Crippen LogP contribution in [0, 0.1) is 0 Å². The Labute approximate surface area is 112 Å². The fourth-order valence-corrected chi connectivity index (χ4v) is 1.83. The monoisotopic (exact) mass is 278 g/mol. The average molecular weight is 278 g/mol. The number of ether oxygens (including phenoxy) is 1. The second kappa shape index (κ2) is 5.96. The molecule has 0 aliphatic carbocycles. The number of carbonyl (C=O) groups excluding carboxylic acids is 1. The van der Waals surface area contributed by atoms with Gasteiger partial charge < -0.3 is 9.84 Å². The van der Waals surface area contributed by atoms with Gasteiger partial charge in [-0.1, -0.05) is 0 Å². The molecule has 0 radical (unpaired) electrons. The summed E-state index contributed by atoms with van der Waals surface area (Å²) >= 11 is 1.31. The fraction of sp³-hybridized carbons (Fsp3) is 0.0833. The van der Waals surface area contributed by atoms with Crippen molar-refractivity contribution in [1.29, 1.82) is 0 Å². The van der Waals surface area contributed by atoms with Crippen molar-refractivity contribution >= 4 is 28.3 Å². The van der Waals surface area contributed by atoms with E-state index in [1.807, 2.05) is 0 Å². The molecule has 0 saturated carbocycles. The SMILES string of the molecule is O=C(COc1ccc(C(=O)O)cc1)Nc1nccs1. The molecule has 98 valence electrons. The van der Waals surface area contributed by atoms with Crippen LogP contribution < -0.4 is 10.1 Å². The smallest absolute Gasteiger partial charge is 0.335 e. The zero-order valence-electron chi connectivity index (χ0n) is 9.70. The van der Waals surface area contributed by atoms with Gasteiger partial charge >= 0.3 is 5.97 Å². The van der Waals surface area contributed by atoms with Crippen molar-refractivity contribution < 1.29 is 19.4 Å². The summed E-state index contributed by atoms with van der Waals surface area (Å²) in [5.74, 6) is -0.899. The number of nitrogens with one attached hydrogen (secondary N) is 1. The molecule has 6 nitrogen and oxygen atoms in total. The summed E-state index contributed by atoms with van der Waals surface area (Å²) in [6, 6.07) is 5.83. The Kier molecular flexibility index (Phi) is 4.09. The third kappa shape index (κ3) is 3.78. The highest BCUT2D eigenvalue weighted by atomic mass is 32.1. The predicted molar refractivity (Wildman–Crippen MR) is 69.6 cm³/mol. The number of anilines is 1. The predicted octanol–water partition coefficient (Wildman–Crippen LogP) is 1.86. The van der Waals surface area contributed by atoms with Crippen LogP contribution in [0.3, 0.4) is 0 Å². The number of hydrogen-bond acceptors (Lipinski definition) is 5. The van der Waals surface area contributed by atoms with E-state index < -0.39 is 5.97 Å². The summed E-state index contributed by atoms with van der Waals surface area (Å²) in [5, 5.41) is 13.6. The van der Waals surface area contributed by atoms with Crippen molar-refractivity contribution in [3.8, 4) is 5.75 Å². The van der Waals surface area contributed by atoms with Crippen LogP contribution in [0.5, 0.6) is 5.75 Å². The summed E-state index contributed by atoms with van der Waals surface area (Å²) in [6.07, 6.45) is 1.59. The number of hydrogen-bond donors (Lipinski definition) is 2. The van der Waals surface area contributed by atoms with E-state index in [-0.39, 0.29) is 18.1 Å². The minimum Gasteiger partial charge on any atom is -0.484 e. The summed E-state index contributed by atoms with van der Waals surface area (Å²) in [7, 11) is 0. The molecule has 0 atom stereocenters. The number of benzene rings is 1. The van der Waals surface area contributed by atoms with Crippen molar-refractivity contribution in [1.82, 2.24) is 4.98 Å². The van der Waals surface area contributed by atoms with E-state index in [1.165, 1.54) is 35.6 Å². The lowest BCUT2D eigenvalue weighted by Crippen LogP contribution is -2.20. The number of nitrogens with zero attached hydrogens (tertiary/aromatic N) is 1.